The highest BCUT2D eigenvalue weighted by molar-refractivity contribution is 5.17. The fourth-order valence-electron chi connectivity index (χ4n) is 1.59. The second-order valence-corrected chi connectivity index (χ2v) is 4.45. The maximum Gasteiger partial charge on any atom is 0.0570 e. The number of hydrogen-bond donors (Lipinski definition) is 1. The fourth-order valence-corrected chi connectivity index (χ4v) is 1.59. The lowest BCUT2D eigenvalue weighted by Gasteiger charge is -2.09. The molecule has 0 aliphatic rings. The molecule has 1 heterocycles. The Morgan fingerprint density at radius 2 is 2.12 bits per heavy atom. The second-order valence-electron chi connectivity index (χ2n) is 4.45. The molecule has 1 N–H and O–H groups in total. The van der Waals surface area contributed by atoms with E-state index in [0.29, 0.717) is 0 Å². The molecule has 1 aromatic rings. The molecule has 0 spiro atoms. The third-order valence-electron chi connectivity index (χ3n) is 2.62. The van der Waals surface area contributed by atoms with Gasteiger partial charge in [-0.2, -0.15) is 0 Å². The van der Waals surface area contributed by atoms with Crippen molar-refractivity contribution < 1.29 is 0 Å². The topological polar surface area (TPSA) is 28.2 Å². The maximum atomic E-state index is 4.35. The van der Waals surface area contributed by atoms with E-state index in [1.165, 1.54) is 24.9 Å². The van der Waals surface area contributed by atoms with Crippen LogP contribution in [0.4, 0.5) is 0 Å². The number of pyridine rings is 1. The molecular weight excluding hydrogens is 198 g/mol. The second kappa shape index (κ2) is 7.36. The van der Waals surface area contributed by atoms with Crippen LogP contribution in [0, 0.1) is 6.92 Å². The minimum absolute atomic E-state index is 0.884. The van der Waals surface area contributed by atoms with Crippen LogP contribution >= 0.6 is 0 Å². The van der Waals surface area contributed by atoms with Gasteiger partial charge in [0.25, 0.3) is 0 Å². The molecule has 0 amide bonds. The Balaban J connectivity index is 2.10. The molecule has 0 saturated heterocycles. The molecule has 1 aromatic heterocycles. The average Bonchev–Trinajstić information content (AvgIpc) is 2.25. The number of hydrogen-bond acceptors (Lipinski definition) is 3. The summed E-state index contributed by atoms with van der Waals surface area (Å²) in [5, 5.41) is 3.44. The van der Waals surface area contributed by atoms with Gasteiger partial charge in [0, 0.05) is 12.7 Å². The van der Waals surface area contributed by atoms with E-state index in [4.69, 9.17) is 0 Å². The van der Waals surface area contributed by atoms with E-state index in [1.54, 1.807) is 0 Å². The van der Waals surface area contributed by atoms with Crippen LogP contribution in [0.3, 0.4) is 0 Å². The molecule has 1 rings (SSSR count). The van der Waals surface area contributed by atoms with Gasteiger partial charge < -0.3 is 10.2 Å². The van der Waals surface area contributed by atoms with Gasteiger partial charge in [0.1, 0.15) is 0 Å². The van der Waals surface area contributed by atoms with Crippen LogP contribution in [0.25, 0.3) is 0 Å². The van der Waals surface area contributed by atoms with Crippen molar-refractivity contribution in [2.75, 3.05) is 27.2 Å². The predicted octanol–water partition coefficient (Wildman–Crippen LogP) is 1.82. The predicted molar refractivity (Wildman–Crippen MR) is 68.5 cm³/mol. The minimum atomic E-state index is 0.884. The lowest BCUT2D eigenvalue weighted by Crippen LogP contribution is -2.19. The molecular formula is C13H23N3. The third-order valence-corrected chi connectivity index (χ3v) is 2.62. The molecule has 0 unspecified atom stereocenters. The molecule has 0 aliphatic heterocycles. The molecule has 3 nitrogen and oxygen atoms in total. The highest BCUT2D eigenvalue weighted by Gasteiger charge is 1.97. The fraction of sp³-hybridized carbons (Fsp3) is 0.615. The van der Waals surface area contributed by atoms with Crippen molar-refractivity contribution in [3.8, 4) is 0 Å². The summed E-state index contributed by atoms with van der Waals surface area (Å²) in [6.07, 6.45) is 4.33. The van der Waals surface area contributed by atoms with E-state index in [1.807, 2.05) is 12.3 Å². The van der Waals surface area contributed by atoms with E-state index in [2.05, 4.69) is 42.3 Å². The summed E-state index contributed by atoms with van der Waals surface area (Å²) in [7, 11) is 4.23. The average molecular weight is 221 g/mol. The van der Waals surface area contributed by atoms with Crippen molar-refractivity contribution in [3.05, 3.63) is 29.6 Å². The van der Waals surface area contributed by atoms with Crippen molar-refractivity contribution in [2.24, 2.45) is 0 Å². The largest absolute Gasteiger partial charge is 0.311 e. The third kappa shape index (κ3) is 5.24. The summed E-state index contributed by atoms with van der Waals surface area (Å²) in [6, 6.07) is 4.09. The molecule has 90 valence electrons. The van der Waals surface area contributed by atoms with Gasteiger partial charge in [0.2, 0.25) is 0 Å². The zero-order chi connectivity index (χ0) is 11.8. The number of aromatic nitrogens is 1. The van der Waals surface area contributed by atoms with E-state index >= 15 is 0 Å². The van der Waals surface area contributed by atoms with Crippen molar-refractivity contribution in [2.45, 2.75) is 26.3 Å². The molecule has 0 bridgehead atoms. The number of nitrogens with zero attached hydrogens (tertiary/aromatic N) is 2. The van der Waals surface area contributed by atoms with E-state index in [9.17, 15) is 0 Å². The zero-order valence-corrected chi connectivity index (χ0v) is 10.7. The lowest BCUT2D eigenvalue weighted by atomic mass is 10.2. The first kappa shape index (κ1) is 13.1. The molecule has 0 saturated carbocycles. The Kier molecular flexibility index (Phi) is 6.04. The SMILES string of the molecule is Cc1cccnc1CNCCCCN(C)C. The molecule has 0 aromatic carbocycles. The number of nitrogens with one attached hydrogen (secondary N) is 1. The van der Waals surface area contributed by atoms with E-state index in [-0.39, 0.29) is 0 Å². The number of unbranched alkanes of at least 4 members (excludes halogenated alkanes) is 1. The van der Waals surface area contributed by atoms with Crippen molar-refractivity contribution in [3.63, 3.8) is 0 Å². The van der Waals surface area contributed by atoms with Crippen LogP contribution in [0.2, 0.25) is 0 Å². The minimum Gasteiger partial charge on any atom is -0.311 e. The van der Waals surface area contributed by atoms with Gasteiger partial charge in [-0.05, 0) is 58.6 Å². The molecule has 0 atom stereocenters. The zero-order valence-electron chi connectivity index (χ0n) is 10.7. The number of aryl methyl sites for hydroxylation is 1. The summed E-state index contributed by atoms with van der Waals surface area (Å²) >= 11 is 0. The summed E-state index contributed by atoms with van der Waals surface area (Å²) in [4.78, 5) is 6.58. The van der Waals surface area contributed by atoms with Gasteiger partial charge in [0.05, 0.1) is 5.69 Å². The first-order valence-electron chi connectivity index (χ1n) is 5.96. The Bertz CT molecular complexity index is 297. The normalized spacial score (nSPS) is 11.0. The Morgan fingerprint density at radius 1 is 1.31 bits per heavy atom. The molecule has 3 heteroatoms. The monoisotopic (exact) mass is 221 g/mol. The number of rotatable bonds is 7. The van der Waals surface area contributed by atoms with Gasteiger partial charge >= 0.3 is 0 Å². The summed E-state index contributed by atoms with van der Waals surface area (Å²) in [5.41, 5.74) is 2.43. The molecule has 16 heavy (non-hydrogen) atoms. The first-order valence-corrected chi connectivity index (χ1v) is 5.96. The van der Waals surface area contributed by atoms with E-state index < -0.39 is 0 Å². The van der Waals surface area contributed by atoms with Crippen LogP contribution in [0.15, 0.2) is 18.3 Å². The van der Waals surface area contributed by atoms with Crippen molar-refractivity contribution >= 4 is 0 Å². The smallest absolute Gasteiger partial charge is 0.0570 e. The van der Waals surface area contributed by atoms with Crippen LogP contribution in [-0.4, -0.2) is 37.1 Å². The summed E-state index contributed by atoms with van der Waals surface area (Å²) in [5.74, 6) is 0. The van der Waals surface area contributed by atoms with E-state index in [0.717, 1.165) is 18.8 Å². The van der Waals surface area contributed by atoms with Crippen LogP contribution < -0.4 is 5.32 Å². The van der Waals surface area contributed by atoms with Crippen LogP contribution in [-0.2, 0) is 6.54 Å². The Morgan fingerprint density at radius 3 is 2.81 bits per heavy atom. The summed E-state index contributed by atoms with van der Waals surface area (Å²) < 4.78 is 0. The maximum absolute atomic E-state index is 4.35. The summed E-state index contributed by atoms with van der Waals surface area (Å²) in [6.45, 7) is 5.23. The molecule has 0 fully saturated rings. The van der Waals surface area contributed by atoms with Crippen molar-refractivity contribution in [1.82, 2.24) is 15.2 Å². The van der Waals surface area contributed by atoms with Crippen LogP contribution in [0.1, 0.15) is 24.1 Å². The van der Waals surface area contributed by atoms with Gasteiger partial charge in [-0.1, -0.05) is 6.07 Å². The molecule has 0 radical (unpaired) electrons. The lowest BCUT2D eigenvalue weighted by molar-refractivity contribution is 0.391. The van der Waals surface area contributed by atoms with Gasteiger partial charge in [-0.25, -0.2) is 0 Å². The van der Waals surface area contributed by atoms with Crippen LogP contribution in [0.5, 0.6) is 0 Å². The Labute approximate surface area is 98.9 Å². The van der Waals surface area contributed by atoms with Gasteiger partial charge in [-0.15, -0.1) is 0 Å². The van der Waals surface area contributed by atoms with Crippen molar-refractivity contribution in [1.29, 1.82) is 0 Å². The highest BCUT2D eigenvalue weighted by Crippen LogP contribution is 2.02. The standard InChI is InChI=1S/C13H23N3/c1-12-7-6-9-15-13(12)11-14-8-4-5-10-16(2)3/h6-7,9,14H,4-5,8,10-11H2,1-3H3. The highest BCUT2D eigenvalue weighted by atomic mass is 15.0. The molecule has 0 aliphatic carbocycles. The van der Waals surface area contributed by atoms with Gasteiger partial charge in [0.15, 0.2) is 0 Å². The first-order chi connectivity index (χ1) is 7.70. The Hall–Kier alpha value is -0.930. The van der Waals surface area contributed by atoms with Gasteiger partial charge in [-0.3, -0.25) is 4.98 Å². The quantitative estimate of drug-likeness (QED) is 0.712.